The highest BCUT2D eigenvalue weighted by atomic mass is 79.9. The Balaban J connectivity index is 2.34. The van der Waals surface area contributed by atoms with Crippen molar-refractivity contribution in [2.75, 3.05) is 16.8 Å². The summed E-state index contributed by atoms with van der Waals surface area (Å²) >= 11 is 3.37. The summed E-state index contributed by atoms with van der Waals surface area (Å²) in [5.41, 5.74) is 1.26. The van der Waals surface area contributed by atoms with Crippen molar-refractivity contribution in [2.45, 2.75) is 6.92 Å². The van der Waals surface area contributed by atoms with E-state index in [2.05, 4.69) is 15.9 Å². The fourth-order valence-electron chi connectivity index (χ4n) is 1.79. The van der Waals surface area contributed by atoms with Crippen LogP contribution in [0.15, 0.2) is 24.3 Å². The van der Waals surface area contributed by atoms with Gasteiger partial charge >= 0.3 is 0 Å². The van der Waals surface area contributed by atoms with Gasteiger partial charge in [0.25, 0.3) is 11.7 Å². The molecule has 1 aliphatic heterocycles. The molecule has 3 nitrogen and oxygen atoms in total. The van der Waals surface area contributed by atoms with E-state index < -0.39 is 11.7 Å². The number of halogens is 1. The molecule has 1 unspecified atom stereocenters. The Hall–Kier alpha value is -1.16. The van der Waals surface area contributed by atoms with E-state index in [4.69, 9.17) is 0 Å². The number of nitrogens with zero attached hydrogens (tertiary/aromatic N) is 1. The van der Waals surface area contributed by atoms with Crippen LogP contribution in [0.2, 0.25) is 0 Å². The molecule has 0 fully saturated rings. The summed E-state index contributed by atoms with van der Waals surface area (Å²) in [4.78, 5) is 25.0. The summed E-state index contributed by atoms with van der Waals surface area (Å²) in [6.45, 7) is 2.61. The Kier molecular flexibility index (Phi) is 3.10. The van der Waals surface area contributed by atoms with Gasteiger partial charge in [0.1, 0.15) is 0 Å². The number of ketones is 1. The Morgan fingerprint density at radius 2 is 2.00 bits per heavy atom. The molecule has 1 aliphatic rings. The molecule has 0 aromatic heterocycles. The average molecular weight is 282 g/mol. The molecular formula is C12H12BrNO2. The second-order valence-electron chi connectivity index (χ2n) is 4.02. The van der Waals surface area contributed by atoms with Crippen LogP contribution in [-0.2, 0) is 4.79 Å². The van der Waals surface area contributed by atoms with Crippen LogP contribution in [0.5, 0.6) is 0 Å². The molecule has 84 valence electrons. The highest BCUT2D eigenvalue weighted by molar-refractivity contribution is 9.09. The minimum Gasteiger partial charge on any atom is -0.304 e. The number of fused-ring (bicyclic) bond motifs is 1. The van der Waals surface area contributed by atoms with Crippen molar-refractivity contribution in [3.63, 3.8) is 0 Å². The third kappa shape index (κ3) is 1.78. The van der Waals surface area contributed by atoms with E-state index in [9.17, 15) is 9.59 Å². The summed E-state index contributed by atoms with van der Waals surface area (Å²) in [6, 6.07) is 7.14. The van der Waals surface area contributed by atoms with E-state index >= 15 is 0 Å². The molecule has 4 heteroatoms. The number of para-hydroxylation sites is 1. The maximum atomic E-state index is 11.8. The number of alkyl halides is 1. The van der Waals surface area contributed by atoms with Crippen molar-refractivity contribution in [2.24, 2.45) is 5.92 Å². The van der Waals surface area contributed by atoms with Crippen LogP contribution in [0.3, 0.4) is 0 Å². The van der Waals surface area contributed by atoms with Crippen LogP contribution in [0.1, 0.15) is 17.3 Å². The zero-order valence-electron chi connectivity index (χ0n) is 8.94. The first-order valence-electron chi connectivity index (χ1n) is 5.16. The minimum atomic E-state index is -0.408. The fraction of sp³-hybridized carbons (Fsp3) is 0.333. The van der Waals surface area contributed by atoms with Crippen molar-refractivity contribution in [3.05, 3.63) is 29.8 Å². The van der Waals surface area contributed by atoms with Crippen molar-refractivity contribution in [1.29, 1.82) is 0 Å². The van der Waals surface area contributed by atoms with Gasteiger partial charge in [-0.1, -0.05) is 35.0 Å². The van der Waals surface area contributed by atoms with Gasteiger partial charge in [0.05, 0.1) is 11.3 Å². The Morgan fingerprint density at radius 1 is 1.31 bits per heavy atom. The summed E-state index contributed by atoms with van der Waals surface area (Å²) in [5, 5.41) is 0.813. The van der Waals surface area contributed by atoms with Crippen molar-refractivity contribution in [1.82, 2.24) is 0 Å². The van der Waals surface area contributed by atoms with Gasteiger partial charge in [0.15, 0.2) is 0 Å². The van der Waals surface area contributed by atoms with Crippen LogP contribution in [0.4, 0.5) is 5.69 Å². The predicted molar refractivity (Wildman–Crippen MR) is 66.1 cm³/mol. The molecule has 2 rings (SSSR count). The number of Topliss-reactive ketones (excluding diaryl/α,β-unsaturated/α-hetero) is 1. The van der Waals surface area contributed by atoms with Gasteiger partial charge < -0.3 is 4.90 Å². The van der Waals surface area contributed by atoms with Crippen LogP contribution in [0, 0.1) is 5.92 Å². The van der Waals surface area contributed by atoms with E-state index in [0.717, 1.165) is 11.0 Å². The van der Waals surface area contributed by atoms with Crippen molar-refractivity contribution in [3.8, 4) is 0 Å². The second-order valence-corrected chi connectivity index (χ2v) is 4.67. The van der Waals surface area contributed by atoms with E-state index in [0.29, 0.717) is 18.0 Å². The standard InChI is InChI=1S/C12H12BrNO2/c1-8(6-13)7-14-10-5-3-2-4-9(10)11(15)12(14)16/h2-5,8H,6-7H2,1H3. The first-order valence-corrected chi connectivity index (χ1v) is 6.28. The lowest BCUT2D eigenvalue weighted by Gasteiger charge is -2.19. The van der Waals surface area contributed by atoms with Gasteiger partial charge in [-0.2, -0.15) is 0 Å². The molecule has 0 saturated carbocycles. The molecule has 1 aromatic carbocycles. The van der Waals surface area contributed by atoms with E-state index in [-0.39, 0.29) is 0 Å². The van der Waals surface area contributed by atoms with Crippen LogP contribution in [0.25, 0.3) is 0 Å². The lowest BCUT2D eigenvalue weighted by Crippen LogP contribution is -2.34. The molecule has 16 heavy (non-hydrogen) atoms. The molecule has 0 radical (unpaired) electrons. The number of anilines is 1. The monoisotopic (exact) mass is 281 g/mol. The van der Waals surface area contributed by atoms with Crippen molar-refractivity contribution < 1.29 is 9.59 Å². The van der Waals surface area contributed by atoms with E-state index in [1.807, 2.05) is 19.1 Å². The third-order valence-corrected chi connectivity index (χ3v) is 3.74. The van der Waals surface area contributed by atoms with Crippen LogP contribution in [-0.4, -0.2) is 23.6 Å². The Labute approximate surface area is 103 Å². The normalized spacial score (nSPS) is 16.5. The van der Waals surface area contributed by atoms with Gasteiger partial charge in [-0.25, -0.2) is 0 Å². The third-order valence-electron chi connectivity index (χ3n) is 2.64. The molecule has 0 saturated heterocycles. The molecule has 1 heterocycles. The number of carbonyl (C=O) groups is 2. The van der Waals surface area contributed by atoms with Gasteiger partial charge in [0.2, 0.25) is 0 Å². The topological polar surface area (TPSA) is 37.4 Å². The summed E-state index contributed by atoms with van der Waals surface area (Å²) in [6.07, 6.45) is 0. The molecule has 1 aromatic rings. The molecule has 0 N–H and O–H groups in total. The van der Waals surface area contributed by atoms with Gasteiger partial charge in [0, 0.05) is 11.9 Å². The predicted octanol–water partition coefficient (Wildman–Crippen LogP) is 2.25. The number of hydrogen-bond donors (Lipinski definition) is 0. The maximum absolute atomic E-state index is 11.8. The summed E-state index contributed by atoms with van der Waals surface area (Å²) in [7, 11) is 0. The zero-order chi connectivity index (χ0) is 11.7. The first-order chi connectivity index (χ1) is 7.65. The van der Waals surface area contributed by atoms with Gasteiger partial charge in [-0.05, 0) is 18.1 Å². The fourth-order valence-corrected chi connectivity index (χ4v) is 1.99. The highest BCUT2D eigenvalue weighted by Crippen LogP contribution is 2.29. The number of rotatable bonds is 3. The summed E-state index contributed by atoms with van der Waals surface area (Å²) < 4.78 is 0. The van der Waals surface area contributed by atoms with Gasteiger partial charge in [-0.15, -0.1) is 0 Å². The quantitative estimate of drug-likeness (QED) is 0.630. The maximum Gasteiger partial charge on any atom is 0.299 e. The first kappa shape index (κ1) is 11.3. The van der Waals surface area contributed by atoms with Crippen molar-refractivity contribution >= 4 is 33.3 Å². The number of amides is 1. The largest absolute Gasteiger partial charge is 0.304 e. The second kappa shape index (κ2) is 4.37. The summed E-state index contributed by atoms with van der Waals surface area (Å²) in [5.74, 6) is -0.478. The van der Waals surface area contributed by atoms with E-state index in [1.54, 1.807) is 17.0 Å². The zero-order valence-corrected chi connectivity index (χ0v) is 10.5. The smallest absolute Gasteiger partial charge is 0.299 e. The molecule has 0 spiro atoms. The number of benzene rings is 1. The number of carbonyl (C=O) groups excluding carboxylic acids is 2. The lowest BCUT2D eigenvalue weighted by atomic mass is 10.1. The lowest BCUT2D eigenvalue weighted by molar-refractivity contribution is -0.114. The minimum absolute atomic E-state index is 0.322. The molecule has 1 amide bonds. The highest BCUT2D eigenvalue weighted by Gasteiger charge is 2.35. The molecular weight excluding hydrogens is 270 g/mol. The molecule has 0 aliphatic carbocycles. The SMILES string of the molecule is CC(CBr)CN1C(=O)C(=O)c2ccccc21. The molecule has 0 bridgehead atoms. The average Bonchev–Trinajstić information content (AvgIpc) is 2.55. The Bertz CT molecular complexity index is 444. The van der Waals surface area contributed by atoms with Crippen LogP contribution >= 0.6 is 15.9 Å². The Morgan fingerprint density at radius 3 is 2.69 bits per heavy atom. The molecule has 1 atom stereocenters. The van der Waals surface area contributed by atoms with E-state index in [1.165, 1.54) is 0 Å². The van der Waals surface area contributed by atoms with Crippen LogP contribution < -0.4 is 4.90 Å². The number of hydrogen-bond acceptors (Lipinski definition) is 2. The van der Waals surface area contributed by atoms with Gasteiger partial charge in [-0.3, -0.25) is 9.59 Å².